The van der Waals surface area contributed by atoms with E-state index in [1.54, 1.807) is 4.90 Å². The highest BCUT2D eigenvalue weighted by atomic mass is 16.2. The first kappa shape index (κ1) is 23.5. The molecular weight excluding hydrogens is 460 g/mol. The third-order valence-electron chi connectivity index (χ3n) is 7.79. The topological polar surface area (TPSA) is 57.6 Å². The van der Waals surface area contributed by atoms with E-state index in [4.69, 9.17) is 0 Å². The Morgan fingerprint density at radius 1 is 0.919 bits per heavy atom. The Morgan fingerprint density at radius 2 is 1.62 bits per heavy atom. The maximum Gasteiger partial charge on any atom is 0.255 e. The van der Waals surface area contributed by atoms with Gasteiger partial charge in [-0.25, -0.2) is 0 Å². The lowest BCUT2D eigenvalue weighted by atomic mass is 9.93. The second-order valence-electron chi connectivity index (χ2n) is 10.0. The van der Waals surface area contributed by atoms with Gasteiger partial charge in [-0.15, -0.1) is 0 Å². The number of nitrogens with zero attached hydrogens (tertiary/aromatic N) is 3. The molecule has 1 saturated heterocycles. The number of amides is 2. The Morgan fingerprint density at radius 3 is 2.43 bits per heavy atom. The fourth-order valence-electron chi connectivity index (χ4n) is 6.06. The normalized spacial score (nSPS) is 17.5. The van der Waals surface area contributed by atoms with Crippen LogP contribution in [0.5, 0.6) is 0 Å². The van der Waals surface area contributed by atoms with E-state index >= 15 is 0 Å². The van der Waals surface area contributed by atoms with Crippen molar-refractivity contribution < 1.29 is 9.59 Å². The summed E-state index contributed by atoms with van der Waals surface area (Å²) in [6, 6.07) is 26.0. The highest BCUT2D eigenvalue weighted by Crippen LogP contribution is 2.46. The molecule has 0 saturated carbocycles. The van der Waals surface area contributed by atoms with Crippen molar-refractivity contribution in [3.63, 3.8) is 0 Å². The average molecular weight is 493 g/mol. The minimum atomic E-state index is -0.352. The van der Waals surface area contributed by atoms with Crippen molar-refractivity contribution in [2.45, 2.75) is 18.9 Å². The minimum absolute atomic E-state index is 0.0234. The average Bonchev–Trinajstić information content (AvgIpc) is 3.62. The SMILES string of the molecule is Cn1c(-c2ccccc2)c([C@H]2c3ccccc3C(=O)N2CC(=O)NCCN2CCCC2)c2ccccc21. The van der Waals surface area contributed by atoms with Crippen molar-refractivity contribution >= 4 is 22.7 Å². The highest BCUT2D eigenvalue weighted by molar-refractivity contribution is 6.03. The molecule has 0 bridgehead atoms. The number of benzene rings is 3. The maximum absolute atomic E-state index is 13.7. The maximum atomic E-state index is 13.7. The van der Waals surface area contributed by atoms with Gasteiger partial charge in [0.25, 0.3) is 5.91 Å². The molecule has 0 unspecified atom stereocenters. The molecule has 6 heteroatoms. The Bertz CT molecular complexity index is 1450. The molecule has 1 N–H and O–H groups in total. The monoisotopic (exact) mass is 492 g/mol. The lowest BCUT2D eigenvalue weighted by Gasteiger charge is -2.26. The Kier molecular flexibility index (Phi) is 6.26. The summed E-state index contributed by atoms with van der Waals surface area (Å²) in [7, 11) is 2.08. The van der Waals surface area contributed by atoms with E-state index in [1.807, 2.05) is 54.6 Å². The predicted molar refractivity (Wildman–Crippen MR) is 146 cm³/mol. The van der Waals surface area contributed by atoms with Crippen LogP contribution < -0.4 is 5.32 Å². The van der Waals surface area contributed by atoms with Gasteiger partial charge in [0.05, 0.1) is 11.7 Å². The molecule has 6 nitrogen and oxygen atoms in total. The van der Waals surface area contributed by atoms with Crippen molar-refractivity contribution in [3.8, 4) is 11.3 Å². The molecule has 3 aromatic carbocycles. The van der Waals surface area contributed by atoms with Gasteiger partial charge in [-0.05, 0) is 49.2 Å². The number of rotatable bonds is 7. The number of nitrogens with one attached hydrogen (secondary N) is 1. The molecule has 0 radical (unpaired) electrons. The van der Waals surface area contributed by atoms with Gasteiger partial charge in [-0.2, -0.15) is 0 Å². The first-order valence-electron chi connectivity index (χ1n) is 13.1. The third-order valence-corrected chi connectivity index (χ3v) is 7.79. The summed E-state index contributed by atoms with van der Waals surface area (Å²) in [4.78, 5) is 31.0. The van der Waals surface area contributed by atoms with Gasteiger partial charge in [-0.1, -0.05) is 66.7 Å². The van der Waals surface area contributed by atoms with Crippen LogP contribution in [0, 0.1) is 0 Å². The van der Waals surface area contributed by atoms with Gasteiger partial charge in [0.1, 0.15) is 6.54 Å². The lowest BCUT2D eigenvalue weighted by Crippen LogP contribution is -2.42. The van der Waals surface area contributed by atoms with Gasteiger partial charge in [-0.3, -0.25) is 9.59 Å². The largest absolute Gasteiger partial charge is 0.353 e. The second-order valence-corrected chi connectivity index (χ2v) is 10.0. The molecule has 6 rings (SSSR count). The van der Waals surface area contributed by atoms with Crippen LogP contribution in [0.25, 0.3) is 22.2 Å². The van der Waals surface area contributed by atoms with E-state index in [2.05, 4.69) is 46.1 Å². The lowest BCUT2D eigenvalue weighted by molar-refractivity contribution is -0.122. The number of carbonyl (C=O) groups excluding carboxylic acids is 2. The molecule has 37 heavy (non-hydrogen) atoms. The molecular formula is C31H32N4O2. The van der Waals surface area contributed by atoms with Gasteiger partial charge < -0.3 is 19.7 Å². The number of carbonyl (C=O) groups is 2. The van der Waals surface area contributed by atoms with Crippen molar-refractivity contribution in [3.05, 3.63) is 95.6 Å². The zero-order chi connectivity index (χ0) is 25.4. The molecule has 188 valence electrons. The molecule has 4 aromatic rings. The molecule has 2 aliphatic heterocycles. The Labute approximate surface area is 217 Å². The van der Waals surface area contributed by atoms with Crippen LogP contribution in [0.2, 0.25) is 0 Å². The summed E-state index contributed by atoms with van der Waals surface area (Å²) >= 11 is 0. The predicted octanol–water partition coefficient (Wildman–Crippen LogP) is 4.60. The van der Waals surface area contributed by atoms with E-state index < -0.39 is 0 Å². The van der Waals surface area contributed by atoms with Crippen LogP contribution in [0.15, 0.2) is 78.9 Å². The summed E-state index contributed by atoms with van der Waals surface area (Å²) in [5, 5.41) is 4.16. The smallest absolute Gasteiger partial charge is 0.255 e. The fourth-order valence-corrected chi connectivity index (χ4v) is 6.06. The molecule has 0 aliphatic carbocycles. The number of likely N-dealkylation sites (tertiary alicyclic amines) is 1. The van der Waals surface area contributed by atoms with E-state index in [0.717, 1.165) is 52.9 Å². The van der Waals surface area contributed by atoms with Crippen molar-refractivity contribution in [2.24, 2.45) is 7.05 Å². The first-order chi connectivity index (χ1) is 18.1. The molecule has 2 amide bonds. The first-order valence-corrected chi connectivity index (χ1v) is 13.1. The second kappa shape index (κ2) is 9.87. The zero-order valence-electron chi connectivity index (χ0n) is 21.2. The molecule has 3 heterocycles. The van der Waals surface area contributed by atoms with E-state index in [-0.39, 0.29) is 24.4 Å². The zero-order valence-corrected chi connectivity index (χ0v) is 21.2. The molecule has 1 atom stereocenters. The van der Waals surface area contributed by atoms with Crippen LogP contribution in [0.4, 0.5) is 0 Å². The van der Waals surface area contributed by atoms with Gasteiger partial charge >= 0.3 is 0 Å². The fraction of sp³-hybridized carbons (Fsp3) is 0.290. The summed E-state index contributed by atoms with van der Waals surface area (Å²) in [6.07, 6.45) is 2.45. The van der Waals surface area contributed by atoms with Crippen LogP contribution in [-0.4, -0.2) is 58.9 Å². The van der Waals surface area contributed by atoms with E-state index in [0.29, 0.717) is 12.1 Å². The Hall–Kier alpha value is -3.90. The number of fused-ring (bicyclic) bond motifs is 2. The summed E-state index contributed by atoms with van der Waals surface area (Å²) in [6.45, 7) is 3.67. The number of hydrogen-bond donors (Lipinski definition) is 1. The van der Waals surface area contributed by atoms with E-state index in [9.17, 15) is 9.59 Å². The number of hydrogen-bond acceptors (Lipinski definition) is 3. The van der Waals surface area contributed by atoms with Crippen molar-refractivity contribution in [2.75, 3.05) is 32.7 Å². The standard InChI is InChI=1S/C31H32N4O2/c1-33-26-16-8-7-15-25(26)28(29(33)22-11-3-2-4-12-22)30-23-13-5-6-14-24(23)31(37)35(30)21-27(36)32-17-20-34-18-9-10-19-34/h2-8,11-16,30H,9-10,17-21H2,1H3,(H,32,36)/t30-/m1/s1. The van der Waals surface area contributed by atoms with Gasteiger partial charge in [0.2, 0.25) is 5.91 Å². The Balaban J connectivity index is 1.41. The summed E-state index contributed by atoms with van der Waals surface area (Å²) < 4.78 is 2.21. The summed E-state index contributed by atoms with van der Waals surface area (Å²) in [5.41, 5.74) is 5.93. The van der Waals surface area contributed by atoms with Crippen LogP contribution in [0.3, 0.4) is 0 Å². The van der Waals surface area contributed by atoms with Gasteiger partial charge in [0, 0.05) is 42.2 Å². The van der Waals surface area contributed by atoms with Crippen molar-refractivity contribution in [1.29, 1.82) is 0 Å². The van der Waals surface area contributed by atoms with Gasteiger partial charge in [0.15, 0.2) is 0 Å². The van der Waals surface area contributed by atoms with Crippen molar-refractivity contribution in [1.82, 2.24) is 19.7 Å². The summed E-state index contributed by atoms with van der Waals surface area (Å²) in [5.74, 6) is -0.214. The molecule has 0 spiro atoms. The number of aryl methyl sites for hydroxylation is 1. The number of aromatic nitrogens is 1. The van der Waals surface area contributed by atoms with Crippen LogP contribution in [-0.2, 0) is 11.8 Å². The van der Waals surface area contributed by atoms with E-state index in [1.165, 1.54) is 12.8 Å². The third kappa shape index (κ3) is 4.21. The molecule has 1 aromatic heterocycles. The number of para-hydroxylation sites is 1. The van der Waals surface area contributed by atoms with Crippen LogP contribution in [0.1, 0.15) is 40.4 Å². The minimum Gasteiger partial charge on any atom is -0.353 e. The molecule has 1 fully saturated rings. The van der Waals surface area contributed by atoms with Crippen LogP contribution >= 0.6 is 0 Å². The highest BCUT2D eigenvalue weighted by Gasteiger charge is 2.41. The quantitative estimate of drug-likeness (QED) is 0.410. The molecule has 2 aliphatic rings.